The number of aromatic nitrogens is 2. The minimum absolute atomic E-state index is 0.854. The van der Waals surface area contributed by atoms with Crippen molar-refractivity contribution in [1.29, 1.82) is 0 Å². The van der Waals surface area contributed by atoms with Gasteiger partial charge in [-0.1, -0.05) is 13.3 Å². The summed E-state index contributed by atoms with van der Waals surface area (Å²) in [4.78, 5) is 10.9. The number of anilines is 2. The summed E-state index contributed by atoms with van der Waals surface area (Å²) in [6.07, 6.45) is 5.45. The molecule has 1 aromatic heterocycles. The first kappa shape index (κ1) is 12.6. The molecule has 17 heavy (non-hydrogen) atoms. The van der Waals surface area contributed by atoms with Crippen LogP contribution in [0.5, 0.6) is 0 Å². The maximum absolute atomic E-state index is 4.39. The molecule has 0 atom stereocenters. The molecule has 0 spiro atoms. The largest absolute Gasteiger partial charge is 0.372 e. The molecule has 1 fully saturated rings. The minimum atomic E-state index is 0.854. The van der Waals surface area contributed by atoms with Crippen LogP contribution in [0.3, 0.4) is 0 Å². The van der Waals surface area contributed by atoms with Crippen molar-refractivity contribution >= 4 is 27.6 Å². The van der Waals surface area contributed by atoms with Gasteiger partial charge in [0.15, 0.2) is 0 Å². The first-order chi connectivity index (χ1) is 8.26. The Balaban J connectivity index is 2.13. The summed E-state index contributed by atoms with van der Waals surface area (Å²) in [5.41, 5.74) is 0. The number of rotatable bonds is 3. The summed E-state index contributed by atoms with van der Waals surface area (Å²) in [5, 5.41) is 3.07. The quantitative estimate of drug-likeness (QED) is 0.932. The Morgan fingerprint density at radius 3 is 2.71 bits per heavy atom. The number of nitrogens with zero attached hydrogens (tertiary/aromatic N) is 3. The van der Waals surface area contributed by atoms with E-state index in [1.807, 2.05) is 7.05 Å². The topological polar surface area (TPSA) is 41.1 Å². The van der Waals surface area contributed by atoms with Crippen LogP contribution >= 0.6 is 15.9 Å². The molecule has 1 N–H and O–H groups in total. The molecule has 0 aromatic carbocycles. The normalized spacial score (nSPS) is 17.2. The van der Waals surface area contributed by atoms with Crippen LogP contribution in [0.15, 0.2) is 10.8 Å². The standard InChI is InChI=1S/C12H19BrN4/c1-3-9-4-6-17(7-5-9)12-10(13)11(14-2)15-8-16-12/h8-9H,3-7H2,1-2H3,(H,14,15,16). The monoisotopic (exact) mass is 298 g/mol. The van der Waals surface area contributed by atoms with E-state index in [4.69, 9.17) is 0 Å². The third-order valence-electron chi connectivity index (χ3n) is 3.50. The number of nitrogens with one attached hydrogen (secondary N) is 1. The van der Waals surface area contributed by atoms with Crippen LogP contribution < -0.4 is 10.2 Å². The van der Waals surface area contributed by atoms with E-state index >= 15 is 0 Å². The summed E-state index contributed by atoms with van der Waals surface area (Å²) in [5.74, 6) is 2.75. The molecule has 94 valence electrons. The van der Waals surface area contributed by atoms with Gasteiger partial charge in [-0.15, -0.1) is 0 Å². The van der Waals surface area contributed by atoms with Gasteiger partial charge >= 0.3 is 0 Å². The summed E-state index contributed by atoms with van der Waals surface area (Å²) in [6, 6.07) is 0. The van der Waals surface area contributed by atoms with Gasteiger partial charge in [0, 0.05) is 20.1 Å². The van der Waals surface area contributed by atoms with Gasteiger partial charge in [-0.05, 0) is 34.7 Å². The fourth-order valence-electron chi connectivity index (χ4n) is 2.31. The molecule has 5 heteroatoms. The molecule has 0 radical (unpaired) electrons. The second kappa shape index (κ2) is 5.67. The van der Waals surface area contributed by atoms with Gasteiger partial charge in [-0.25, -0.2) is 9.97 Å². The molecule has 0 unspecified atom stereocenters. The van der Waals surface area contributed by atoms with E-state index in [-0.39, 0.29) is 0 Å². The van der Waals surface area contributed by atoms with Crippen molar-refractivity contribution in [3.63, 3.8) is 0 Å². The molecule has 2 heterocycles. The third kappa shape index (κ3) is 2.70. The molecule has 0 bridgehead atoms. The van der Waals surface area contributed by atoms with Crippen LogP contribution in [0.25, 0.3) is 0 Å². The molecule has 0 amide bonds. The highest BCUT2D eigenvalue weighted by Gasteiger charge is 2.21. The predicted octanol–water partition coefficient (Wildman–Crippen LogP) is 2.91. The van der Waals surface area contributed by atoms with E-state index in [1.54, 1.807) is 6.33 Å². The number of hydrogen-bond donors (Lipinski definition) is 1. The van der Waals surface area contributed by atoms with E-state index in [2.05, 4.69) is 43.0 Å². The Hall–Kier alpha value is -0.840. The van der Waals surface area contributed by atoms with Crippen molar-refractivity contribution in [2.45, 2.75) is 26.2 Å². The number of halogens is 1. The Labute approximate surface area is 111 Å². The second-order valence-electron chi connectivity index (χ2n) is 4.45. The molecule has 0 saturated carbocycles. The van der Waals surface area contributed by atoms with Gasteiger partial charge in [0.2, 0.25) is 0 Å². The molecule has 2 rings (SSSR count). The highest BCUT2D eigenvalue weighted by atomic mass is 79.9. The number of piperidine rings is 1. The highest BCUT2D eigenvalue weighted by Crippen LogP contribution is 2.32. The van der Waals surface area contributed by atoms with Gasteiger partial charge in [-0.2, -0.15) is 0 Å². The molecule has 1 aliphatic heterocycles. The Morgan fingerprint density at radius 2 is 2.12 bits per heavy atom. The van der Waals surface area contributed by atoms with Crippen LogP contribution in [0, 0.1) is 5.92 Å². The molecular formula is C12H19BrN4. The molecule has 1 aliphatic rings. The average molecular weight is 299 g/mol. The van der Waals surface area contributed by atoms with Crippen LogP contribution in [-0.2, 0) is 0 Å². The van der Waals surface area contributed by atoms with Gasteiger partial charge < -0.3 is 10.2 Å². The van der Waals surface area contributed by atoms with Crippen LogP contribution in [0.2, 0.25) is 0 Å². The fourth-order valence-corrected chi connectivity index (χ4v) is 2.96. The third-order valence-corrected chi connectivity index (χ3v) is 4.23. The zero-order valence-electron chi connectivity index (χ0n) is 10.4. The lowest BCUT2D eigenvalue weighted by Gasteiger charge is -2.33. The van der Waals surface area contributed by atoms with Gasteiger partial charge in [0.1, 0.15) is 22.4 Å². The first-order valence-electron chi connectivity index (χ1n) is 6.19. The fraction of sp³-hybridized carbons (Fsp3) is 0.667. The molecule has 1 aromatic rings. The van der Waals surface area contributed by atoms with Gasteiger partial charge in [0.05, 0.1) is 0 Å². The lowest BCUT2D eigenvalue weighted by molar-refractivity contribution is 0.393. The van der Waals surface area contributed by atoms with Gasteiger partial charge in [-0.3, -0.25) is 0 Å². The van der Waals surface area contributed by atoms with E-state index in [0.717, 1.165) is 35.1 Å². The molecule has 1 saturated heterocycles. The molecule has 4 nitrogen and oxygen atoms in total. The lowest BCUT2D eigenvalue weighted by atomic mass is 9.94. The molecular weight excluding hydrogens is 280 g/mol. The predicted molar refractivity (Wildman–Crippen MR) is 74.5 cm³/mol. The first-order valence-corrected chi connectivity index (χ1v) is 6.98. The summed E-state index contributed by atoms with van der Waals surface area (Å²) >= 11 is 3.58. The van der Waals surface area contributed by atoms with E-state index in [0.29, 0.717) is 0 Å². The second-order valence-corrected chi connectivity index (χ2v) is 5.24. The maximum Gasteiger partial charge on any atom is 0.148 e. The zero-order chi connectivity index (χ0) is 12.3. The zero-order valence-corrected chi connectivity index (χ0v) is 12.0. The minimum Gasteiger partial charge on any atom is -0.372 e. The lowest BCUT2D eigenvalue weighted by Crippen LogP contribution is -2.34. The summed E-state index contributed by atoms with van der Waals surface area (Å²) < 4.78 is 0.970. The Morgan fingerprint density at radius 1 is 1.41 bits per heavy atom. The van der Waals surface area contributed by atoms with Crippen molar-refractivity contribution in [3.05, 3.63) is 10.8 Å². The van der Waals surface area contributed by atoms with Crippen molar-refractivity contribution in [1.82, 2.24) is 9.97 Å². The van der Waals surface area contributed by atoms with Crippen LogP contribution in [0.4, 0.5) is 11.6 Å². The summed E-state index contributed by atoms with van der Waals surface area (Å²) in [6.45, 7) is 4.47. The van der Waals surface area contributed by atoms with Crippen molar-refractivity contribution in [2.24, 2.45) is 5.92 Å². The van der Waals surface area contributed by atoms with E-state index in [1.165, 1.54) is 19.3 Å². The van der Waals surface area contributed by atoms with Crippen LogP contribution in [0.1, 0.15) is 26.2 Å². The van der Waals surface area contributed by atoms with Crippen LogP contribution in [-0.4, -0.2) is 30.1 Å². The smallest absolute Gasteiger partial charge is 0.148 e. The number of hydrogen-bond acceptors (Lipinski definition) is 4. The average Bonchev–Trinajstić information content (AvgIpc) is 2.39. The van der Waals surface area contributed by atoms with Crippen molar-refractivity contribution in [3.8, 4) is 0 Å². The van der Waals surface area contributed by atoms with Crippen molar-refractivity contribution in [2.75, 3.05) is 30.4 Å². The van der Waals surface area contributed by atoms with E-state index < -0.39 is 0 Å². The van der Waals surface area contributed by atoms with Gasteiger partial charge in [0.25, 0.3) is 0 Å². The maximum atomic E-state index is 4.39. The summed E-state index contributed by atoms with van der Waals surface area (Å²) in [7, 11) is 1.88. The highest BCUT2D eigenvalue weighted by molar-refractivity contribution is 9.10. The Bertz CT molecular complexity index is 375. The Kier molecular flexibility index (Phi) is 4.20. The van der Waals surface area contributed by atoms with E-state index in [9.17, 15) is 0 Å². The van der Waals surface area contributed by atoms with Crippen molar-refractivity contribution < 1.29 is 0 Å². The SMILES string of the molecule is CCC1CCN(c2ncnc(NC)c2Br)CC1. The molecule has 0 aliphatic carbocycles.